The van der Waals surface area contributed by atoms with Crippen LogP contribution in [0.25, 0.3) is 0 Å². The van der Waals surface area contributed by atoms with Crippen molar-refractivity contribution in [2.24, 2.45) is 0 Å². The van der Waals surface area contributed by atoms with E-state index < -0.39 is 5.97 Å². The molecule has 5 heteroatoms. The first-order valence-corrected chi connectivity index (χ1v) is 6.86. The van der Waals surface area contributed by atoms with Crippen molar-refractivity contribution in [1.82, 2.24) is 0 Å². The average molecular weight is 254 g/mol. The maximum atomic E-state index is 11.1. The lowest BCUT2D eigenvalue weighted by Gasteiger charge is -2.18. The van der Waals surface area contributed by atoms with Gasteiger partial charge in [0.25, 0.3) is 0 Å². The van der Waals surface area contributed by atoms with Crippen LogP contribution in [0.1, 0.15) is 23.7 Å². The Kier molecular flexibility index (Phi) is 5.15. The standard InChI is InChI=1S/C12H18N2O2S/c1-3-9(7-17-2)14-11-5-4-8(13)6-10(11)12(15)16/h4-6,9,14H,3,7,13H2,1-2H3,(H,15,16). The third-order valence-electron chi connectivity index (χ3n) is 2.49. The zero-order chi connectivity index (χ0) is 12.8. The number of nitrogen functional groups attached to an aromatic ring is 1. The molecule has 0 fully saturated rings. The highest BCUT2D eigenvalue weighted by molar-refractivity contribution is 7.98. The molecular formula is C12H18N2O2S. The highest BCUT2D eigenvalue weighted by atomic mass is 32.2. The lowest BCUT2D eigenvalue weighted by Crippen LogP contribution is -2.22. The maximum absolute atomic E-state index is 11.1. The minimum absolute atomic E-state index is 0.226. The molecule has 1 atom stereocenters. The number of carboxylic acid groups (broad SMARTS) is 1. The topological polar surface area (TPSA) is 75.3 Å². The lowest BCUT2D eigenvalue weighted by molar-refractivity contribution is 0.0698. The summed E-state index contributed by atoms with van der Waals surface area (Å²) < 4.78 is 0. The summed E-state index contributed by atoms with van der Waals surface area (Å²) in [6.45, 7) is 2.08. The summed E-state index contributed by atoms with van der Waals surface area (Å²) in [5.74, 6) is -0.0151. The molecule has 0 aliphatic heterocycles. The Balaban J connectivity index is 2.92. The summed E-state index contributed by atoms with van der Waals surface area (Å²) in [6, 6.07) is 5.19. The predicted octanol–water partition coefficient (Wildman–Crippen LogP) is 2.52. The molecule has 0 radical (unpaired) electrons. The van der Waals surface area contributed by atoms with Crippen LogP contribution in [0, 0.1) is 0 Å². The Morgan fingerprint density at radius 1 is 1.59 bits per heavy atom. The molecule has 1 aromatic carbocycles. The molecule has 0 spiro atoms. The second-order valence-electron chi connectivity index (χ2n) is 3.82. The Morgan fingerprint density at radius 3 is 2.82 bits per heavy atom. The summed E-state index contributed by atoms with van der Waals surface area (Å²) in [6.07, 6.45) is 2.98. The molecule has 1 aromatic rings. The normalized spacial score (nSPS) is 12.1. The minimum Gasteiger partial charge on any atom is -0.478 e. The van der Waals surface area contributed by atoms with Crippen molar-refractivity contribution in [2.75, 3.05) is 23.1 Å². The summed E-state index contributed by atoms with van der Waals surface area (Å²) in [5.41, 5.74) is 6.91. The van der Waals surface area contributed by atoms with E-state index in [1.165, 1.54) is 6.07 Å². The highest BCUT2D eigenvalue weighted by Crippen LogP contribution is 2.21. The van der Waals surface area contributed by atoms with Crippen molar-refractivity contribution in [3.05, 3.63) is 23.8 Å². The van der Waals surface area contributed by atoms with Crippen LogP contribution in [-0.2, 0) is 0 Å². The van der Waals surface area contributed by atoms with E-state index in [4.69, 9.17) is 10.8 Å². The van der Waals surface area contributed by atoms with Gasteiger partial charge < -0.3 is 16.2 Å². The van der Waals surface area contributed by atoms with Crippen LogP contribution >= 0.6 is 11.8 Å². The van der Waals surface area contributed by atoms with Gasteiger partial charge in [-0.2, -0.15) is 11.8 Å². The molecule has 1 rings (SSSR count). The summed E-state index contributed by atoms with van der Waals surface area (Å²) in [4.78, 5) is 11.1. The number of anilines is 2. The first-order valence-electron chi connectivity index (χ1n) is 5.46. The molecule has 0 saturated carbocycles. The molecule has 0 aromatic heterocycles. The van der Waals surface area contributed by atoms with Gasteiger partial charge in [-0.1, -0.05) is 6.92 Å². The molecule has 0 amide bonds. The third kappa shape index (κ3) is 3.85. The van der Waals surface area contributed by atoms with Crippen molar-refractivity contribution >= 4 is 29.1 Å². The number of hydrogen-bond acceptors (Lipinski definition) is 4. The zero-order valence-electron chi connectivity index (χ0n) is 10.1. The number of nitrogens with two attached hydrogens (primary N) is 1. The van der Waals surface area contributed by atoms with Crippen LogP contribution in [0.2, 0.25) is 0 Å². The number of carboxylic acids is 1. The number of rotatable bonds is 6. The fourth-order valence-corrected chi connectivity index (χ4v) is 2.27. The summed E-state index contributed by atoms with van der Waals surface area (Å²) >= 11 is 1.74. The van der Waals surface area contributed by atoms with Crippen LogP contribution in [-0.4, -0.2) is 29.1 Å². The third-order valence-corrected chi connectivity index (χ3v) is 3.23. The smallest absolute Gasteiger partial charge is 0.337 e. The van der Waals surface area contributed by atoms with Crippen molar-refractivity contribution in [1.29, 1.82) is 0 Å². The molecule has 1 unspecified atom stereocenters. The SMILES string of the molecule is CCC(CSC)Nc1ccc(N)cc1C(=O)O. The van der Waals surface area contributed by atoms with Gasteiger partial charge in [-0.15, -0.1) is 0 Å². The molecule has 17 heavy (non-hydrogen) atoms. The van der Waals surface area contributed by atoms with E-state index in [2.05, 4.69) is 12.2 Å². The molecule has 0 aliphatic carbocycles. The number of thioether (sulfide) groups is 1. The van der Waals surface area contributed by atoms with E-state index >= 15 is 0 Å². The number of nitrogens with one attached hydrogen (secondary N) is 1. The second kappa shape index (κ2) is 6.39. The van der Waals surface area contributed by atoms with E-state index in [1.54, 1.807) is 23.9 Å². The number of benzene rings is 1. The molecule has 4 nitrogen and oxygen atoms in total. The van der Waals surface area contributed by atoms with Crippen molar-refractivity contribution < 1.29 is 9.90 Å². The molecular weight excluding hydrogens is 236 g/mol. The van der Waals surface area contributed by atoms with Gasteiger partial charge in [0, 0.05) is 23.2 Å². The number of aromatic carboxylic acids is 1. The summed E-state index contributed by atoms with van der Waals surface area (Å²) in [7, 11) is 0. The Hall–Kier alpha value is -1.36. The van der Waals surface area contributed by atoms with Crippen LogP contribution in [0.4, 0.5) is 11.4 Å². The zero-order valence-corrected chi connectivity index (χ0v) is 10.9. The van der Waals surface area contributed by atoms with E-state index in [9.17, 15) is 4.79 Å². The average Bonchev–Trinajstić information content (AvgIpc) is 2.30. The number of hydrogen-bond donors (Lipinski definition) is 3. The molecule has 0 aliphatic rings. The van der Waals surface area contributed by atoms with Crippen molar-refractivity contribution in [3.63, 3.8) is 0 Å². The Labute approximate surface area is 106 Å². The largest absolute Gasteiger partial charge is 0.478 e. The van der Waals surface area contributed by atoms with E-state index in [0.29, 0.717) is 11.4 Å². The lowest BCUT2D eigenvalue weighted by atomic mass is 10.1. The monoisotopic (exact) mass is 254 g/mol. The van der Waals surface area contributed by atoms with Gasteiger partial charge in [-0.05, 0) is 30.9 Å². The molecule has 0 bridgehead atoms. The quantitative estimate of drug-likeness (QED) is 0.680. The maximum Gasteiger partial charge on any atom is 0.337 e. The Bertz CT molecular complexity index is 396. The minimum atomic E-state index is -0.959. The van der Waals surface area contributed by atoms with E-state index in [1.807, 2.05) is 6.26 Å². The first kappa shape index (κ1) is 13.7. The van der Waals surface area contributed by atoms with Gasteiger partial charge in [-0.25, -0.2) is 4.79 Å². The predicted molar refractivity (Wildman–Crippen MR) is 73.9 cm³/mol. The second-order valence-corrected chi connectivity index (χ2v) is 4.73. The van der Waals surface area contributed by atoms with Crippen LogP contribution < -0.4 is 11.1 Å². The highest BCUT2D eigenvalue weighted by Gasteiger charge is 2.13. The van der Waals surface area contributed by atoms with Crippen LogP contribution in [0.15, 0.2) is 18.2 Å². The molecule has 0 saturated heterocycles. The van der Waals surface area contributed by atoms with Crippen LogP contribution in [0.3, 0.4) is 0 Å². The van der Waals surface area contributed by atoms with Gasteiger partial charge >= 0.3 is 5.97 Å². The first-order chi connectivity index (χ1) is 8.08. The van der Waals surface area contributed by atoms with Crippen LogP contribution in [0.5, 0.6) is 0 Å². The molecule has 4 N–H and O–H groups in total. The fraction of sp³-hybridized carbons (Fsp3) is 0.417. The fourth-order valence-electron chi connectivity index (χ4n) is 1.55. The molecule has 0 heterocycles. The van der Waals surface area contributed by atoms with Gasteiger partial charge in [-0.3, -0.25) is 0 Å². The van der Waals surface area contributed by atoms with Crippen molar-refractivity contribution in [2.45, 2.75) is 19.4 Å². The Morgan fingerprint density at radius 2 is 2.29 bits per heavy atom. The number of carbonyl (C=O) groups is 1. The van der Waals surface area contributed by atoms with Gasteiger partial charge in [0.15, 0.2) is 0 Å². The van der Waals surface area contributed by atoms with E-state index in [0.717, 1.165) is 12.2 Å². The molecule has 94 valence electrons. The summed E-state index contributed by atoms with van der Waals surface area (Å²) in [5, 5.41) is 12.4. The van der Waals surface area contributed by atoms with Gasteiger partial charge in [0.1, 0.15) is 0 Å². The van der Waals surface area contributed by atoms with Gasteiger partial charge in [0.2, 0.25) is 0 Å². The van der Waals surface area contributed by atoms with Crippen molar-refractivity contribution in [3.8, 4) is 0 Å². The van der Waals surface area contributed by atoms with E-state index in [-0.39, 0.29) is 11.6 Å². The van der Waals surface area contributed by atoms with Gasteiger partial charge in [0.05, 0.1) is 5.56 Å².